The summed E-state index contributed by atoms with van der Waals surface area (Å²) in [6, 6.07) is 43.6. The fourth-order valence-corrected chi connectivity index (χ4v) is 15.4. The summed E-state index contributed by atoms with van der Waals surface area (Å²) in [4.78, 5) is 83.1. The zero-order valence-corrected chi connectivity index (χ0v) is 80.4. The van der Waals surface area contributed by atoms with E-state index >= 15 is 0 Å². The number of ether oxygens (including phenoxy) is 8. The van der Waals surface area contributed by atoms with Crippen LogP contribution in [-0.2, 0) is 38.5 Å². The van der Waals surface area contributed by atoms with Crippen LogP contribution in [0.15, 0.2) is 229 Å². The van der Waals surface area contributed by atoms with Crippen LogP contribution in [0.3, 0.4) is 0 Å². The topological polar surface area (TPSA) is 193 Å². The number of hydrogen-bond donors (Lipinski definition) is 0. The first kappa shape index (κ1) is 108. The van der Waals surface area contributed by atoms with E-state index in [1.54, 1.807) is 66.7 Å². The van der Waals surface area contributed by atoms with Crippen LogP contribution in [0.25, 0.3) is 0 Å². The molecule has 14 rings (SSSR count). The molecule has 0 radical (unpaired) electrons. The van der Waals surface area contributed by atoms with Gasteiger partial charge in [0.1, 0.15) is 92.2 Å². The van der Waals surface area contributed by atoms with E-state index in [4.69, 9.17) is 61.1 Å². The van der Waals surface area contributed by atoms with Crippen molar-refractivity contribution in [2.24, 2.45) is 5.41 Å². The third kappa shape index (κ3) is 33.0. The summed E-state index contributed by atoms with van der Waals surface area (Å²) in [7, 11) is 0. The van der Waals surface area contributed by atoms with Gasteiger partial charge in [-0.1, -0.05) is 116 Å². The molecule has 0 unspecified atom stereocenters. The molecule has 0 bridgehead atoms. The third-order valence-electron chi connectivity index (χ3n) is 23.8. The smallest absolute Gasteiger partial charge is 0.170 e. The van der Waals surface area contributed by atoms with Crippen molar-refractivity contribution in [2.75, 3.05) is 52.9 Å². The van der Waals surface area contributed by atoms with Crippen LogP contribution in [0.4, 0.5) is 30.7 Å². The summed E-state index contributed by atoms with van der Waals surface area (Å²) in [6.07, 6.45) is 20.4. The monoisotopic (exact) mass is 1900 g/mol. The zero-order chi connectivity index (χ0) is 97.9. The SMILES string of the molecule is CCC(=CF)COc1cc2c(cc1Cl)C(=O)CCO2.CCC(=CF)COc1ccc(C(=O)Cc2ccccc2)c(C)c1.CCC(=CF)COc1ccc2c(c1)CCC(C)(C)C2=O.CCC(=CF)COc1ccc2c(c1)CCC2=O.CCC(=CF)COc1ccc2c(c1)CCCC2=O.CCC(=CF)COc1ccc2c(c1)CCCCC2=O.CCC(=CF)COc1ccc2c(c1Cl)CCCC2=O. The zero-order valence-electron chi connectivity index (χ0n) is 78.8. The number of carbonyl (C=O) groups excluding carboxylic acids is 7. The van der Waals surface area contributed by atoms with E-state index in [9.17, 15) is 64.3 Å². The van der Waals surface area contributed by atoms with Gasteiger partial charge in [0.05, 0.1) is 66.5 Å². The Balaban J connectivity index is 0.000000194. The molecule has 0 saturated carbocycles. The molecule has 8 aromatic carbocycles. The van der Waals surface area contributed by atoms with E-state index in [-0.39, 0.29) is 92.1 Å². The summed E-state index contributed by atoms with van der Waals surface area (Å²) >= 11 is 12.3. The van der Waals surface area contributed by atoms with Crippen molar-refractivity contribution in [3.8, 4) is 46.0 Å². The fraction of sp³-hybridized carbons (Fsp3) is 0.378. The molecule has 1 aliphatic heterocycles. The van der Waals surface area contributed by atoms with Gasteiger partial charge < -0.3 is 37.9 Å². The first-order valence-corrected chi connectivity index (χ1v) is 47.0. The number of hydrogen-bond acceptors (Lipinski definition) is 15. The van der Waals surface area contributed by atoms with Crippen molar-refractivity contribution >= 4 is 63.7 Å². The highest BCUT2D eigenvalue weighted by Crippen LogP contribution is 2.40. The minimum atomic E-state index is -0.276. The van der Waals surface area contributed by atoms with Gasteiger partial charge in [0.15, 0.2) is 40.5 Å². The Kier molecular flexibility index (Phi) is 45.4. The predicted octanol–water partition coefficient (Wildman–Crippen LogP) is 29.5. The lowest BCUT2D eigenvalue weighted by atomic mass is 9.73. The standard InChI is InChI=1S/C20H21FO2.C17H21FO2.C16H19FO2.C15H16ClFO2.C15H17FO2.C14H14ClFO3.C14H15FO2/c1-3-16(13-21)14-23-18-9-10-19(15(2)11-18)20(22)12-17-7-5-4-6-8-17;1-4-12(10-18)11-20-14-5-6-15-13(9-14)7-8-17(2,3)16(15)19;1-2-12(10-17)11-19-14-7-8-15-13(9-14)5-3-4-6-16(15)18;1-2-10(8-17)9-19-14-7-6-11-12(15(14)16)4-3-5-13(11)18;1-2-11(9-16)10-18-13-6-7-14-12(8-13)4-3-5-15(14)17;1-2-9(7-16)8-19-14-6-13-10(5-11(14)15)12(17)3-4-18-13;1-2-10(8-15)9-17-12-4-5-13-11(7-12)3-6-14(13)16/h4-11,13H,3,12,14H2,1-2H3;5-6,9-10H,4,7-8,11H2,1-3H3;7-10H,2-6,11H2,1H3;6-8H,2-5,9H2,1H3;6-9H,2-5,10H2,1H3;5-7H,2-4,8H2,1H3;4-5,7-8H,2-3,6,9H2,1H3. The van der Waals surface area contributed by atoms with Crippen molar-refractivity contribution in [1.29, 1.82) is 0 Å². The van der Waals surface area contributed by atoms with Gasteiger partial charge >= 0.3 is 0 Å². The molecule has 0 fully saturated rings. The highest BCUT2D eigenvalue weighted by molar-refractivity contribution is 6.33. The Bertz CT molecular complexity index is 5590. The lowest BCUT2D eigenvalue weighted by Crippen LogP contribution is -2.30. The molecule has 0 atom stereocenters. The molecule has 24 heteroatoms. The number of fused-ring (bicyclic) bond motifs is 6. The van der Waals surface area contributed by atoms with Crippen molar-refractivity contribution < 1.29 is 102 Å². The lowest BCUT2D eigenvalue weighted by molar-refractivity contribution is 0.0809. The summed E-state index contributed by atoms with van der Waals surface area (Å²) in [5.41, 5.74) is 15.9. The molecule has 0 spiro atoms. The number of Topliss-reactive ketones (excluding diaryl/α,β-unsaturated/α-hetero) is 7. The molecule has 0 N–H and O–H groups in total. The average molecular weight is 1900 g/mol. The van der Waals surface area contributed by atoms with Gasteiger partial charge in [-0.05, 0) is 303 Å². The van der Waals surface area contributed by atoms with Gasteiger partial charge in [0.25, 0.3) is 0 Å². The average Bonchev–Trinajstić information content (AvgIpc) is 1.55. The Hall–Kier alpha value is -11.9. The van der Waals surface area contributed by atoms with Gasteiger partial charge in [0, 0.05) is 83.4 Å². The molecule has 6 aliphatic rings. The molecule has 0 saturated heterocycles. The lowest BCUT2D eigenvalue weighted by Gasteiger charge is -2.29. The number of aryl methyl sites for hydroxylation is 5. The second kappa shape index (κ2) is 56.5. The first-order chi connectivity index (χ1) is 65.2. The number of halogens is 9. The van der Waals surface area contributed by atoms with E-state index < -0.39 is 0 Å². The largest absolute Gasteiger partial charge is 0.492 e. The molecule has 0 amide bonds. The van der Waals surface area contributed by atoms with Gasteiger partial charge in [-0.2, -0.15) is 0 Å². The van der Waals surface area contributed by atoms with Crippen LogP contribution in [-0.4, -0.2) is 93.3 Å². The normalized spacial score (nSPS) is 15.0. The number of carbonyl (C=O) groups is 7. The Morgan fingerprint density at radius 3 is 1.18 bits per heavy atom. The fourth-order valence-electron chi connectivity index (χ4n) is 14.9. The Labute approximate surface area is 799 Å². The Morgan fingerprint density at radius 2 is 0.726 bits per heavy atom. The summed E-state index contributed by atoms with van der Waals surface area (Å²) in [5, 5.41) is 0.812. The number of benzene rings is 8. The van der Waals surface area contributed by atoms with E-state index in [0.29, 0.717) is 246 Å². The molecule has 135 heavy (non-hydrogen) atoms. The first-order valence-electron chi connectivity index (χ1n) is 46.2. The van der Waals surface area contributed by atoms with E-state index in [1.807, 2.05) is 148 Å². The molecular formula is C111H123Cl2F7O15. The Morgan fingerprint density at radius 1 is 0.363 bits per heavy atom. The summed E-state index contributed by atoms with van der Waals surface area (Å²) < 4.78 is 131. The van der Waals surface area contributed by atoms with Crippen LogP contribution < -0.4 is 37.9 Å². The predicted molar refractivity (Wildman–Crippen MR) is 519 cm³/mol. The van der Waals surface area contributed by atoms with E-state index in [1.165, 1.54) is 0 Å². The van der Waals surface area contributed by atoms with Gasteiger partial charge in [0.2, 0.25) is 0 Å². The second-order valence-corrected chi connectivity index (χ2v) is 34.5. The molecular weight excluding hydrogens is 1780 g/mol. The van der Waals surface area contributed by atoms with Crippen molar-refractivity contribution in [3.05, 3.63) is 317 Å². The van der Waals surface area contributed by atoms with Gasteiger partial charge in [-0.15, -0.1) is 0 Å². The van der Waals surface area contributed by atoms with Gasteiger partial charge in [-0.3, -0.25) is 33.6 Å². The minimum Gasteiger partial charge on any atom is -0.492 e. The number of rotatable bonds is 31. The maximum absolute atomic E-state index is 12.5. The summed E-state index contributed by atoms with van der Waals surface area (Å²) in [5.74, 6) is 5.88. The van der Waals surface area contributed by atoms with E-state index in [0.717, 1.165) is 125 Å². The van der Waals surface area contributed by atoms with Crippen LogP contribution in [0.2, 0.25) is 10.0 Å². The van der Waals surface area contributed by atoms with Crippen molar-refractivity contribution in [1.82, 2.24) is 0 Å². The minimum absolute atomic E-state index is 0.00704. The maximum Gasteiger partial charge on any atom is 0.170 e. The van der Waals surface area contributed by atoms with Crippen molar-refractivity contribution in [3.63, 3.8) is 0 Å². The maximum atomic E-state index is 12.5. The molecule has 5 aliphatic carbocycles. The van der Waals surface area contributed by atoms with Crippen LogP contribution in [0.5, 0.6) is 46.0 Å². The van der Waals surface area contributed by atoms with E-state index in [2.05, 4.69) is 0 Å². The molecule has 1 heterocycles. The van der Waals surface area contributed by atoms with Crippen LogP contribution in [0, 0.1) is 12.3 Å². The molecule has 15 nitrogen and oxygen atoms in total. The van der Waals surface area contributed by atoms with Gasteiger partial charge in [-0.25, -0.2) is 30.7 Å². The van der Waals surface area contributed by atoms with Crippen molar-refractivity contribution in [2.45, 2.75) is 217 Å². The third-order valence-corrected chi connectivity index (χ3v) is 24.5. The second-order valence-electron chi connectivity index (χ2n) is 33.7. The summed E-state index contributed by atoms with van der Waals surface area (Å²) in [6.45, 7) is 20.9. The molecule has 0 aromatic heterocycles. The number of ketones is 7. The molecule has 720 valence electrons. The highest BCUT2D eigenvalue weighted by atomic mass is 35.5. The molecule has 8 aromatic rings. The van der Waals surface area contributed by atoms with Crippen LogP contribution >= 0.6 is 23.2 Å². The quantitative estimate of drug-likeness (QED) is 0.0226. The highest BCUT2D eigenvalue weighted by Gasteiger charge is 2.35. The van der Waals surface area contributed by atoms with Crippen LogP contribution in [0.1, 0.15) is 283 Å².